The van der Waals surface area contributed by atoms with Crippen molar-refractivity contribution in [3.63, 3.8) is 0 Å². The van der Waals surface area contributed by atoms with Gasteiger partial charge in [-0.15, -0.1) is 0 Å². The van der Waals surface area contributed by atoms with E-state index in [1.165, 1.54) is 18.2 Å². The number of pyridine rings is 2. The van der Waals surface area contributed by atoms with Crippen LogP contribution >= 0.6 is 0 Å². The first kappa shape index (κ1) is 35.0. The lowest BCUT2D eigenvalue weighted by Gasteiger charge is -2.29. The van der Waals surface area contributed by atoms with Gasteiger partial charge in [0.25, 0.3) is 5.69 Å². The molecule has 0 saturated carbocycles. The van der Waals surface area contributed by atoms with Crippen molar-refractivity contribution in [1.29, 1.82) is 10.7 Å². The van der Waals surface area contributed by atoms with Crippen LogP contribution in [0.5, 0.6) is 0 Å². The topological polar surface area (TPSA) is 156 Å². The van der Waals surface area contributed by atoms with Crippen molar-refractivity contribution in [2.45, 2.75) is 45.7 Å². The molecule has 0 saturated heterocycles. The predicted molar refractivity (Wildman–Crippen MR) is 184 cm³/mol. The molecule has 1 aliphatic heterocycles. The maximum atomic E-state index is 14.2. The van der Waals surface area contributed by atoms with Crippen LogP contribution in [-0.4, -0.2) is 73.2 Å². The van der Waals surface area contributed by atoms with Gasteiger partial charge in [0, 0.05) is 77.6 Å². The van der Waals surface area contributed by atoms with Crippen molar-refractivity contribution in [3.8, 4) is 6.07 Å². The van der Waals surface area contributed by atoms with Crippen LogP contribution in [0, 0.1) is 32.7 Å². The maximum absolute atomic E-state index is 14.2. The number of nitro groups is 1. The summed E-state index contributed by atoms with van der Waals surface area (Å²) in [5, 5.41) is 29.3. The number of hydrogen-bond acceptors (Lipinski definition) is 9. The Labute approximate surface area is 285 Å². The van der Waals surface area contributed by atoms with Gasteiger partial charge in [-0.3, -0.25) is 40.2 Å². The van der Waals surface area contributed by atoms with Gasteiger partial charge < -0.3 is 10.6 Å². The van der Waals surface area contributed by atoms with Crippen molar-refractivity contribution in [3.05, 3.63) is 135 Å². The molecule has 12 nitrogen and oxygen atoms in total. The van der Waals surface area contributed by atoms with E-state index in [-0.39, 0.29) is 24.0 Å². The largest absolute Gasteiger partial charge is 0.370 e. The first-order valence-electron chi connectivity index (χ1n) is 16.2. The molecule has 2 aromatic carbocycles. The Morgan fingerprint density at radius 2 is 1.35 bits per heavy atom. The third-order valence-corrected chi connectivity index (χ3v) is 8.32. The number of hydrogen-bond donors (Lipinski definition) is 2. The zero-order valence-electron chi connectivity index (χ0n) is 27.4. The number of nitrogens with one attached hydrogen (secondary N) is 1. The molecule has 0 amide bonds. The zero-order valence-corrected chi connectivity index (χ0v) is 27.4. The van der Waals surface area contributed by atoms with Crippen molar-refractivity contribution in [1.82, 2.24) is 29.6 Å². The SMILES string of the molecule is N#CCN1CCCN(C(=N)N)CCN(Cc2cccc([N+](=O)[O-])c2)Cc2cccc(n2)CN(Cc2cccc(F)c2)Cc2cccc(n2)C1. The Morgan fingerprint density at radius 1 is 0.796 bits per heavy atom. The van der Waals surface area contributed by atoms with Crippen LogP contribution in [0.25, 0.3) is 0 Å². The fourth-order valence-electron chi connectivity index (χ4n) is 6.04. The van der Waals surface area contributed by atoms with Crippen LogP contribution in [-0.2, 0) is 39.3 Å². The molecule has 3 N–H and O–H groups in total. The van der Waals surface area contributed by atoms with E-state index in [1.54, 1.807) is 18.2 Å². The molecule has 1 aliphatic rings. The molecule has 254 valence electrons. The number of non-ortho nitro benzene ring substituents is 1. The highest BCUT2D eigenvalue weighted by atomic mass is 19.1. The molecule has 13 heteroatoms. The van der Waals surface area contributed by atoms with Crippen LogP contribution in [0.2, 0.25) is 0 Å². The lowest BCUT2D eigenvalue weighted by molar-refractivity contribution is -0.384. The van der Waals surface area contributed by atoms with E-state index in [2.05, 4.69) is 15.9 Å². The second kappa shape index (κ2) is 17.2. The fourth-order valence-corrected chi connectivity index (χ4v) is 6.04. The first-order chi connectivity index (χ1) is 23.7. The summed E-state index contributed by atoms with van der Waals surface area (Å²) in [5.74, 6) is -0.333. The number of fused-ring (bicyclic) bond motifs is 4. The van der Waals surface area contributed by atoms with Gasteiger partial charge >= 0.3 is 0 Å². The molecule has 0 radical (unpaired) electrons. The molecule has 0 unspecified atom stereocenters. The summed E-state index contributed by atoms with van der Waals surface area (Å²) >= 11 is 0. The molecule has 3 heterocycles. The van der Waals surface area contributed by atoms with Crippen LogP contribution in [0.1, 0.15) is 40.3 Å². The monoisotopic (exact) mass is 664 g/mol. The molecule has 0 atom stereocenters. The lowest BCUT2D eigenvalue weighted by atomic mass is 10.1. The quantitative estimate of drug-likeness (QED) is 0.0978. The highest BCUT2D eigenvalue weighted by molar-refractivity contribution is 5.74. The molecular weight excluding hydrogens is 623 g/mol. The van der Waals surface area contributed by atoms with E-state index in [0.29, 0.717) is 71.9 Å². The van der Waals surface area contributed by atoms with E-state index in [4.69, 9.17) is 21.1 Å². The number of nitrogens with zero attached hydrogens (tertiary/aromatic N) is 8. The number of aromatic nitrogens is 2. The van der Waals surface area contributed by atoms with Gasteiger partial charge in [0.1, 0.15) is 5.82 Å². The Balaban J connectivity index is 1.47. The standard InChI is InChI=1S/C36H41FN10O2/c37-30-8-1-6-28(20-30)23-45-26-33-11-3-9-31(41-33)24-43(17-14-38)15-5-16-46(36(39)40)19-18-44(25-32-10-4-12-34(27-45)42-32)22-29-7-2-13-35(21-29)47(48)49/h1-4,6-13,20-21H,5,15-19,22-27H2,(H3,39,40). The molecule has 49 heavy (non-hydrogen) atoms. The number of guanidine groups is 1. The van der Waals surface area contributed by atoms with Crippen LogP contribution in [0.3, 0.4) is 0 Å². The summed E-state index contributed by atoms with van der Waals surface area (Å²) < 4.78 is 14.2. The highest BCUT2D eigenvalue weighted by Gasteiger charge is 2.17. The summed E-state index contributed by atoms with van der Waals surface area (Å²) in [7, 11) is 0. The number of rotatable bonds is 6. The summed E-state index contributed by atoms with van der Waals surface area (Å²) in [5.41, 5.74) is 11.0. The molecule has 5 rings (SSSR count). The Hall–Kier alpha value is -5.29. The molecule has 0 spiro atoms. The number of nitriles is 1. The van der Waals surface area contributed by atoms with Crippen molar-refractivity contribution >= 4 is 11.6 Å². The van der Waals surface area contributed by atoms with E-state index in [1.807, 2.05) is 58.3 Å². The normalized spacial score (nSPS) is 15.8. The minimum atomic E-state index is -0.399. The Morgan fingerprint density at radius 3 is 1.94 bits per heavy atom. The van der Waals surface area contributed by atoms with Gasteiger partial charge in [0.2, 0.25) is 0 Å². The third-order valence-electron chi connectivity index (χ3n) is 8.32. The summed E-state index contributed by atoms with van der Waals surface area (Å²) in [6, 6.07) is 27.2. The lowest BCUT2D eigenvalue weighted by Crippen LogP contribution is -2.43. The van der Waals surface area contributed by atoms with Crippen LogP contribution < -0.4 is 5.73 Å². The van der Waals surface area contributed by atoms with Gasteiger partial charge in [-0.25, -0.2) is 4.39 Å². The molecule has 4 aromatic rings. The van der Waals surface area contributed by atoms with Crippen LogP contribution in [0.15, 0.2) is 84.9 Å². The molecule has 0 fully saturated rings. The summed E-state index contributed by atoms with van der Waals surface area (Å²) in [6.07, 6.45) is 0.677. The van der Waals surface area contributed by atoms with Gasteiger partial charge in [-0.05, 0) is 53.9 Å². The average Bonchev–Trinajstić information content (AvgIpc) is 3.06. The van der Waals surface area contributed by atoms with Crippen molar-refractivity contribution < 1.29 is 9.31 Å². The van der Waals surface area contributed by atoms with E-state index < -0.39 is 4.92 Å². The molecule has 2 aromatic heterocycles. The maximum Gasteiger partial charge on any atom is 0.269 e. The number of nitrogens with two attached hydrogens (primary N) is 1. The first-order valence-corrected chi connectivity index (χ1v) is 16.2. The van der Waals surface area contributed by atoms with E-state index in [0.717, 1.165) is 33.9 Å². The summed E-state index contributed by atoms with van der Waals surface area (Å²) in [6.45, 7) is 5.22. The Kier molecular flexibility index (Phi) is 12.3. The molecule has 4 bridgehead atoms. The number of benzene rings is 2. The fraction of sp³-hybridized carbons (Fsp3) is 0.333. The minimum Gasteiger partial charge on any atom is -0.370 e. The van der Waals surface area contributed by atoms with E-state index in [9.17, 15) is 19.8 Å². The second-order valence-electron chi connectivity index (χ2n) is 12.2. The van der Waals surface area contributed by atoms with Gasteiger partial charge in [0.05, 0.1) is 40.3 Å². The van der Waals surface area contributed by atoms with Gasteiger partial charge in [0.15, 0.2) is 5.96 Å². The third kappa shape index (κ3) is 10.9. The number of halogens is 1. The number of nitro benzene ring substituents is 1. The predicted octanol–water partition coefficient (Wildman–Crippen LogP) is 4.65. The van der Waals surface area contributed by atoms with E-state index >= 15 is 0 Å². The second-order valence-corrected chi connectivity index (χ2v) is 12.2. The van der Waals surface area contributed by atoms with Crippen molar-refractivity contribution in [2.24, 2.45) is 5.73 Å². The highest BCUT2D eigenvalue weighted by Crippen LogP contribution is 2.18. The molecular formula is C36H41FN10O2. The summed E-state index contributed by atoms with van der Waals surface area (Å²) in [4.78, 5) is 29.2. The molecule has 0 aliphatic carbocycles. The van der Waals surface area contributed by atoms with Gasteiger partial charge in [-0.2, -0.15) is 5.26 Å². The van der Waals surface area contributed by atoms with Crippen LogP contribution in [0.4, 0.5) is 10.1 Å². The average molecular weight is 665 g/mol. The smallest absolute Gasteiger partial charge is 0.269 e. The minimum absolute atomic E-state index is 0.0281. The Bertz CT molecular complexity index is 1780. The van der Waals surface area contributed by atoms with Crippen molar-refractivity contribution in [2.75, 3.05) is 32.7 Å². The van der Waals surface area contributed by atoms with Gasteiger partial charge in [-0.1, -0.05) is 36.4 Å². The zero-order chi connectivity index (χ0) is 34.6.